The normalized spacial score (nSPS) is 11.6. The van der Waals surface area contributed by atoms with Gasteiger partial charge in [0.15, 0.2) is 9.84 Å². The van der Waals surface area contributed by atoms with Crippen molar-refractivity contribution < 1.29 is 8.42 Å². The Morgan fingerprint density at radius 3 is 2.44 bits per heavy atom. The molecule has 1 N–H and O–H groups in total. The SMILES string of the molecule is CCCNCCS(=O)(=O)Cc1ccccc1. The topological polar surface area (TPSA) is 46.2 Å². The van der Waals surface area contributed by atoms with E-state index in [2.05, 4.69) is 12.2 Å². The van der Waals surface area contributed by atoms with Gasteiger partial charge in [-0.2, -0.15) is 0 Å². The Labute approximate surface area is 97.8 Å². The molecule has 1 aromatic carbocycles. The van der Waals surface area contributed by atoms with Crippen molar-refractivity contribution in [1.29, 1.82) is 0 Å². The first-order valence-electron chi connectivity index (χ1n) is 5.59. The maximum atomic E-state index is 11.7. The van der Waals surface area contributed by atoms with Gasteiger partial charge in [-0.3, -0.25) is 0 Å². The van der Waals surface area contributed by atoms with Crippen molar-refractivity contribution in [2.75, 3.05) is 18.8 Å². The van der Waals surface area contributed by atoms with Gasteiger partial charge in [0.05, 0.1) is 11.5 Å². The Bertz CT molecular complexity index is 387. The minimum atomic E-state index is -2.98. The number of nitrogens with one attached hydrogen (secondary N) is 1. The van der Waals surface area contributed by atoms with Crippen molar-refractivity contribution in [3.05, 3.63) is 35.9 Å². The molecule has 0 aliphatic carbocycles. The van der Waals surface area contributed by atoms with E-state index in [-0.39, 0.29) is 11.5 Å². The summed E-state index contributed by atoms with van der Waals surface area (Å²) in [5.74, 6) is 0.351. The van der Waals surface area contributed by atoms with Gasteiger partial charge in [0.25, 0.3) is 0 Å². The van der Waals surface area contributed by atoms with Crippen LogP contribution in [0, 0.1) is 0 Å². The largest absolute Gasteiger partial charge is 0.316 e. The van der Waals surface area contributed by atoms with Crippen LogP contribution >= 0.6 is 0 Å². The molecule has 3 nitrogen and oxygen atoms in total. The molecule has 4 heteroatoms. The zero-order chi connectivity index (χ0) is 11.9. The van der Waals surface area contributed by atoms with E-state index in [0.717, 1.165) is 18.5 Å². The number of hydrogen-bond donors (Lipinski definition) is 1. The van der Waals surface area contributed by atoms with Crippen molar-refractivity contribution in [2.24, 2.45) is 0 Å². The van der Waals surface area contributed by atoms with Crippen LogP contribution in [0.4, 0.5) is 0 Å². The first-order chi connectivity index (χ1) is 7.64. The van der Waals surface area contributed by atoms with E-state index < -0.39 is 9.84 Å². The molecule has 0 radical (unpaired) electrons. The molecule has 0 spiro atoms. The van der Waals surface area contributed by atoms with E-state index >= 15 is 0 Å². The van der Waals surface area contributed by atoms with Gasteiger partial charge >= 0.3 is 0 Å². The van der Waals surface area contributed by atoms with Gasteiger partial charge in [-0.05, 0) is 18.5 Å². The molecule has 0 heterocycles. The molecule has 0 aliphatic heterocycles. The smallest absolute Gasteiger partial charge is 0.155 e. The van der Waals surface area contributed by atoms with Crippen molar-refractivity contribution >= 4 is 9.84 Å². The van der Waals surface area contributed by atoms with Crippen LogP contribution in [-0.4, -0.2) is 27.3 Å². The second-order valence-electron chi connectivity index (χ2n) is 3.83. The van der Waals surface area contributed by atoms with Crippen LogP contribution in [0.5, 0.6) is 0 Å². The summed E-state index contributed by atoms with van der Waals surface area (Å²) < 4.78 is 23.4. The molecule has 0 saturated heterocycles. The highest BCUT2D eigenvalue weighted by Crippen LogP contribution is 2.05. The standard InChI is InChI=1S/C12H19NO2S/c1-2-8-13-9-10-16(14,15)11-12-6-4-3-5-7-12/h3-7,13H,2,8-11H2,1H3. The van der Waals surface area contributed by atoms with Gasteiger partial charge in [-0.15, -0.1) is 0 Å². The van der Waals surface area contributed by atoms with Gasteiger partial charge in [0.1, 0.15) is 0 Å². The lowest BCUT2D eigenvalue weighted by Crippen LogP contribution is -2.24. The molecule has 0 aliphatic rings. The zero-order valence-electron chi connectivity index (χ0n) is 9.65. The Morgan fingerprint density at radius 1 is 1.12 bits per heavy atom. The Kier molecular flexibility index (Phi) is 5.49. The van der Waals surface area contributed by atoms with E-state index in [1.807, 2.05) is 30.3 Å². The van der Waals surface area contributed by atoms with Crippen LogP contribution in [0.2, 0.25) is 0 Å². The lowest BCUT2D eigenvalue weighted by atomic mass is 10.2. The van der Waals surface area contributed by atoms with Crippen LogP contribution < -0.4 is 5.32 Å². The van der Waals surface area contributed by atoms with Gasteiger partial charge < -0.3 is 5.32 Å². The molecule has 0 unspecified atom stereocenters. The third-order valence-electron chi connectivity index (χ3n) is 2.25. The predicted molar refractivity (Wildman–Crippen MR) is 67.1 cm³/mol. The fourth-order valence-corrected chi connectivity index (χ4v) is 2.73. The van der Waals surface area contributed by atoms with Crippen molar-refractivity contribution in [1.82, 2.24) is 5.32 Å². The summed E-state index contributed by atoms with van der Waals surface area (Å²) in [7, 11) is -2.98. The van der Waals surface area contributed by atoms with E-state index in [1.165, 1.54) is 0 Å². The van der Waals surface area contributed by atoms with Crippen LogP contribution in [0.1, 0.15) is 18.9 Å². The molecule has 0 saturated carbocycles. The Balaban J connectivity index is 2.40. The molecule has 16 heavy (non-hydrogen) atoms. The average Bonchev–Trinajstić information content (AvgIpc) is 2.25. The quantitative estimate of drug-likeness (QED) is 0.738. The molecule has 0 atom stereocenters. The summed E-state index contributed by atoms with van der Waals surface area (Å²) in [4.78, 5) is 0. The molecule has 1 aromatic rings. The minimum absolute atomic E-state index is 0.141. The van der Waals surface area contributed by atoms with E-state index in [1.54, 1.807) is 0 Å². The average molecular weight is 241 g/mol. The number of benzene rings is 1. The fourth-order valence-electron chi connectivity index (χ4n) is 1.43. The monoisotopic (exact) mass is 241 g/mol. The van der Waals surface area contributed by atoms with E-state index in [9.17, 15) is 8.42 Å². The summed E-state index contributed by atoms with van der Waals surface area (Å²) in [5, 5.41) is 3.10. The molecule has 0 aromatic heterocycles. The summed E-state index contributed by atoms with van der Waals surface area (Å²) in [5.41, 5.74) is 0.859. The first-order valence-corrected chi connectivity index (χ1v) is 7.41. The molecule has 0 bridgehead atoms. The summed E-state index contributed by atoms with van der Waals surface area (Å²) in [6.45, 7) is 3.48. The molecular formula is C12H19NO2S. The lowest BCUT2D eigenvalue weighted by Gasteiger charge is -2.05. The molecule has 1 rings (SSSR count). The lowest BCUT2D eigenvalue weighted by molar-refractivity contribution is 0.589. The fraction of sp³-hybridized carbons (Fsp3) is 0.500. The van der Waals surface area contributed by atoms with Crippen LogP contribution in [-0.2, 0) is 15.6 Å². The highest BCUT2D eigenvalue weighted by Gasteiger charge is 2.10. The van der Waals surface area contributed by atoms with Crippen LogP contribution in [0.25, 0.3) is 0 Å². The molecule has 0 fully saturated rings. The van der Waals surface area contributed by atoms with Crippen molar-refractivity contribution in [3.8, 4) is 0 Å². The summed E-state index contributed by atoms with van der Waals surface area (Å²) >= 11 is 0. The van der Waals surface area contributed by atoms with Crippen molar-refractivity contribution in [2.45, 2.75) is 19.1 Å². The third kappa shape index (κ3) is 5.28. The van der Waals surface area contributed by atoms with Crippen molar-refractivity contribution in [3.63, 3.8) is 0 Å². The van der Waals surface area contributed by atoms with Crippen LogP contribution in [0.3, 0.4) is 0 Å². The third-order valence-corrected chi connectivity index (χ3v) is 3.85. The maximum Gasteiger partial charge on any atom is 0.155 e. The highest BCUT2D eigenvalue weighted by atomic mass is 32.2. The van der Waals surface area contributed by atoms with Gasteiger partial charge in [0.2, 0.25) is 0 Å². The minimum Gasteiger partial charge on any atom is -0.316 e. The van der Waals surface area contributed by atoms with Gasteiger partial charge in [0, 0.05) is 6.54 Å². The number of sulfone groups is 1. The molecule has 90 valence electrons. The van der Waals surface area contributed by atoms with Crippen LogP contribution in [0.15, 0.2) is 30.3 Å². The molecular weight excluding hydrogens is 222 g/mol. The Hall–Kier alpha value is -0.870. The zero-order valence-corrected chi connectivity index (χ0v) is 10.5. The van der Waals surface area contributed by atoms with Gasteiger partial charge in [-0.25, -0.2) is 8.42 Å². The first kappa shape index (κ1) is 13.2. The second kappa shape index (κ2) is 6.66. The molecule has 0 amide bonds. The second-order valence-corrected chi connectivity index (χ2v) is 6.01. The number of hydrogen-bond acceptors (Lipinski definition) is 3. The maximum absolute atomic E-state index is 11.7. The predicted octanol–water partition coefficient (Wildman–Crippen LogP) is 1.60. The van der Waals surface area contributed by atoms with E-state index in [0.29, 0.717) is 6.54 Å². The number of rotatable bonds is 7. The summed E-state index contributed by atoms with van der Waals surface area (Å²) in [6.07, 6.45) is 1.03. The Morgan fingerprint density at radius 2 is 1.81 bits per heavy atom. The summed E-state index contributed by atoms with van der Waals surface area (Å²) in [6, 6.07) is 9.30. The highest BCUT2D eigenvalue weighted by molar-refractivity contribution is 7.90. The van der Waals surface area contributed by atoms with Gasteiger partial charge in [-0.1, -0.05) is 37.3 Å². The van der Waals surface area contributed by atoms with E-state index in [4.69, 9.17) is 0 Å².